The van der Waals surface area contributed by atoms with Gasteiger partial charge >= 0.3 is 0 Å². The first-order valence-corrected chi connectivity index (χ1v) is 6.67. The molecule has 0 atom stereocenters. The van der Waals surface area contributed by atoms with Crippen LogP contribution in [-0.2, 0) is 6.54 Å². The maximum absolute atomic E-state index is 9.51. The number of hydrogen-bond acceptors (Lipinski definition) is 4. The molecule has 0 heterocycles. The monoisotopic (exact) mass is 263 g/mol. The predicted octanol–water partition coefficient (Wildman–Crippen LogP) is 1.88. The number of oxime groups is 1. The number of hydrogen-bond donors (Lipinski definition) is 3. The number of phenolic OH excluding ortho intramolecular Hbond substituents is 1. The Hall–Kier alpha value is -1.75. The van der Waals surface area contributed by atoms with Crippen molar-refractivity contribution in [3.63, 3.8) is 0 Å². The summed E-state index contributed by atoms with van der Waals surface area (Å²) in [5.41, 5.74) is 6.67. The van der Waals surface area contributed by atoms with E-state index in [2.05, 4.69) is 10.1 Å². The molecule has 0 aromatic heterocycles. The molecule has 0 radical (unpaired) electrons. The van der Waals surface area contributed by atoms with E-state index < -0.39 is 0 Å². The van der Waals surface area contributed by atoms with Gasteiger partial charge in [0, 0.05) is 12.6 Å². The van der Waals surface area contributed by atoms with Gasteiger partial charge in [-0.25, -0.2) is 0 Å². The van der Waals surface area contributed by atoms with Gasteiger partial charge in [0.05, 0.1) is 6.54 Å². The summed E-state index contributed by atoms with van der Waals surface area (Å²) < 4.78 is 0. The topological polar surface area (TPSA) is 82.1 Å². The van der Waals surface area contributed by atoms with Crippen molar-refractivity contribution in [2.75, 3.05) is 6.54 Å². The van der Waals surface area contributed by atoms with Crippen molar-refractivity contribution >= 4 is 5.84 Å². The molecule has 0 spiro atoms. The van der Waals surface area contributed by atoms with Gasteiger partial charge in [-0.1, -0.05) is 30.1 Å². The molecule has 2 rings (SSSR count). The highest BCUT2D eigenvalue weighted by molar-refractivity contribution is 5.81. The molecule has 1 aromatic carbocycles. The molecule has 0 amide bonds. The third kappa shape index (κ3) is 3.86. The summed E-state index contributed by atoms with van der Waals surface area (Å²) in [5.74, 6) is 0.500. The lowest BCUT2D eigenvalue weighted by Gasteiger charge is -2.28. The molecule has 1 fully saturated rings. The molecule has 1 aliphatic carbocycles. The molecular formula is C14H21N3O2. The van der Waals surface area contributed by atoms with Gasteiger partial charge in [0.2, 0.25) is 0 Å². The van der Waals surface area contributed by atoms with Gasteiger partial charge in [-0.05, 0) is 30.5 Å². The van der Waals surface area contributed by atoms with Gasteiger partial charge in [-0.2, -0.15) is 0 Å². The second-order valence-electron chi connectivity index (χ2n) is 5.10. The van der Waals surface area contributed by atoms with Crippen molar-refractivity contribution in [3.8, 4) is 5.75 Å². The highest BCUT2D eigenvalue weighted by Gasteiger charge is 2.23. The summed E-state index contributed by atoms with van der Waals surface area (Å²) >= 11 is 0. The average molecular weight is 263 g/mol. The zero-order valence-corrected chi connectivity index (χ0v) is 11.0. The van der Waals surface area contributed by atoms with Crippen molar-refractivity contribution in [1.29, 1.82) is 0 Å². The van der Waals surface area contributed by atoms with Gasteiger partial charge in [0.15, 0.2) is 5.84 Å². The third-order valence-corrected chi connectivity index (χ3v) is 3.63. The Balaban J connectivity index is 2.08. The Morgan fingerprint density at radius 3 is 2.74 bits per heavy atom. The number of benzene rings is 1. The first kappa shape index (κ1) is 13.7. The minimum absolute atomic E-state index is 0.229. The Morgan fingerprint density at radius 2 is 2.11 bits per heavy atom. The van der Waals surface area contributed by atoms with E-state index >= 15 is 0 Å². The molecule has 1 saturated carbocycles. The highest BCUT2D eigenvalue weighted by atomic mass is 16.4. The molecular weight excluding hydrogens is 242 g/mol. The zero-order chi connectivity index (χ0) is 13.7. The molecule has 0 unspecified atom stereocenters. The van der Waals surface area contributed by atoms with E-state index in [4.69, 9.17) is 10.9 Å². The minimum Gasteiger partial charge on any atom is -0.508 e. The van der Waals surface area contributed by atoms with E-state index in [0.717, 1.165) is 18.4 Å². The maximum Gasteiger partial charge on any atom is 0.153 e. The minimum atomic E-state index is 0.229. The summed E-state index contributed by atoms with van der Waals surface area (Å²) in [4.78, 5) is 2.22. The van der Waals surface area contributed by atoms with Gasteiger partial charge in [0.25, 0.3) is 0 Å². The van der Waals surface area contributed by atoms with Crippen molar-refractivity contribution < 1.29 is 10.3 Å². The zero-order valence-electron chi connectivity index (χ0n) is 11.0. The van der Waals surface area contributed by atoms with E-state index in [1.807, 2.05) is 12.1 Å². The Bertz CT molecular complexity index is 442. The second-order valence-corrected chi connectivity index (χ2v) is 5.10. The lowest BCUT2D eigenvalue weighted by atomic mass is 10.1. The summed E-state index contributed by atoms with van der Waals surface area (Å²) in [6.07, 6.45) is 4.77. The average Bonchev–Trinajstić information content (AvgIpc) is 2.91. The first-order valence-electron chi connectivity index (χ1n) is 6.67. The fraction of sp³-hybridized carbons (Fsp3) is 0.500. The molecule has 5 heteroatoms. The number of amidine groups is 1. The van der Waals surface area contributed by atoms with Crippen LogP contribution in [0.4, 0.5) is 0 Å². The number of phenols is 1. The lowest BCUT2D eigenvalue weighted by molar-refractivity contribution is 0.214. The van der Waals surface area contributed by atoms with Gasteiger partial charge in [-0.3, -0.25) is 4.90 Å². The van der Waals surface area contributed by atoms with Crippen molar-refractivity contribution in [1.82, 2.24) is 4.90 Å². The second kappa shape index (κ2) is 6.43. The van der Waals surface area contributed by atoms with Crippen LogP contribution in [0.2, 0.25) is 0 Å². The van der Waals surface area contributed by atoms with Crippen molar-refractivity contribution in [2.45, 2.75) is 38.3 Å². The summed E-state index contributed by atoms with van der Waals surface area (Å²) in [6.45, 7) is 1.16. The van der Waals surface area contributed by atoms with Crippen LogP contribution in [0.3, 0.4) is 0 Å². The molecule has 104 valence electrons. The van der Waals surface area contributed by atoms with E-state index in [-0.39, 0.29) is 11.6 Å². The first-order chi connectivity index (χ1) is 9.19. The number of nitrogens with zero attached hydrogens (tertiary/aromatic N) is 2. The third-order valence-electron chi connectivity index (χ3n) is 3.63. The Kier molecular flexibility index (Phi) is 4.63. The summed E-state index contributed by atoms with van der Waals surface area (Å²) in [5, 5.41) is 21.3. The normalized spacial score (nSPS) is 17.2. The van der Waals surface area contributed by atoms with E-state index in [1.165, 1.54) is 12.8 Å². The molecule has 19 heavy (non-hydrogen) atoms. The molecule has 0 aliphatic heterocycles. The van der Waals surface area contributed by atoms with Crippen LogP contribution in [0, 0.1) is 0 Å². The molecule has 0 saturated heterocycles. The summed E-state index contributed by atoms with van der Waals surface area (Å²) in [6, 6.07) is 7.71. The smallest absolute Gasteiger partial charge is 0.153 e. The number of rotatable bonds is 5. The number of aromatic hydroxyl groups is 1. The Morgan fingerprint density at radius 1 is 1.37 bits per heavy atom. The molecule has 4 N–H and O–H groups in total. The fourth-order valence-corrected chi connectivity index (χ4v) is 2.71. The van der Waals surface area contributed by atoms with Crippen LogP contribution in [0.25, 0.3) is 0 Å². The fourth-order valence-electron chi connectivity index (χ4n) is 2.71. The highest BCUT2D eigenvalue weighted by Crippen LogP contribution is 2.25. The van der Waals surface area contributed by atoms with Crippen molar-refractivity contribution in [2.24, 2.45) is 10.9 Å². The maximum atomic E-state index is 9.51. The van der Waals surface area contributed by atoms with Gasteiger partial charge in [-0.15, -0.1) is 0 Å². The van der Waals surface area contributed by atoms with E-state index in [0.29, 0.717) is 19.1 Å². The van der Waals surface area contributed by atoms with Crippen LogP contribution in [-0.4, -0.2) is 33.6 Å². The lowest BCUT2D eigenvalue weighted by Crippen LogP contribution is -2.39. The van der Waals surface area contributed by atoms with Crippen LogP contribution in [0.15, 0.2) is 29.4 Å². The van der Waals surface area contributed by atoms with Crippen LogP contribution < -0.4 is 5.73 Å². The van der Waals surface area contributed by atoms with Gasteiger partial charge < -0.3 is 16.0 Å². The number of nitrogens with two attached hydrogens (primary N) is 1. The van der Waals surface area contributed by atoms with E-state index in [9.17, 15) is 5.11 Å². The van der Waals surface area contributed by atoms with Crippen LogP contribution in [0.5, 0.6) is 5.75 Å². The predicted molar refractivity (Wildman–Crippen MR) is 74.2 cm³/mol. The van der Waals surface area contributed by atoms with Gasteiger partial charge in [0.1, 0.15) is 5.75 Å². The molecule has 5 nitrogen and oxygen atoms in total. The molecule has 0 bridgehead atoms. The quantitative estimate of drug-likeness (QED) is 0.328. The van der Waals surface area contributed by atoms with Crippen LogP contribution >= 0.6 is 0 Å². The van der Waals surface area contributed by atoms with Crippen LogP contribution in [0.1, 0.15) is 31.2 Å². The SMILES string of the molecule is NC(CN(Cc1cccc(O)c1)C1CCCC1)=NO. The van der Waals surface area contributed by atoms with E-state index in [1.54, 1.807) is 12.1 Å². The molecule has 1 aliphatic rings. The largest absolute Gasteiger partial charge is 0.508 e. The standard InChI is InChI=1S/C14H21N3O2/c15-14(16-19)10-17(12-5-1-2-6-12)9-11-4-3-7-13(18)8-11/h3-4,7-8,12,18-19H,1-2,5-6,9-10H2,(H2,15,16). The van der Waals surface area contributed by atoms with Crippen molar-refractivity contribution in [3.05, 3.63) is 29.8 Å². The molecule has 1 aromatic rings. The summed E-state index contributed by atoms with van der Waals surface area (Å²) in [7, 11) is 0. The Labute approximate surface area is 113 Å².